The first kappa shape index (κ1) is 28.7. The molecule has 0 saturated carbocycles. The summed E-state index contributed by atoms with van der Waals surface area (Å²) in [6.45, 7) is 0.528. The molecule has 9 heteroatoms. The Balaban J connectivity index is 1.72. The summed E-state index contributed by atoms with van der Waals surface area (Å²) in [5.74, 6) is -1.18. The number of carbonyl (C=O) groups excluding carboxylic acids is 3. The van der Waals surface area contributed by atoms with Crippen molar-refractivity contribution in [1.29, 1.82) is 0 Å². The quantitative estimate of drug-likeness (QED) is 0.245. The second kappa shape index (κ2) is 14.8. The summed E-state index contributed by atoms with van der Waals surface area (Å²) in [4.78, 5) is 37.7. The van der Waals surface area contributed by atoms with Crippen molar-refractivity contribution in [3.05, 3.63) is 95.0 Å². The van der Waals surface area contributed by atoms with E-state index in [1.54, 1.807) is 6.07 Å². The number of nitrogens with one attached hydrogen (secondary N) is 2. The van der Waals surface area contributed by atoms with E-state index in [0.717, 1.165) is 22.3 Å². The molecule has 0 aliphatic heterocycles. The molecule has 6 N–H and O–H groups in total. The molecule has 0 radical (unpaired) electrons. The van der Waals surface area contributed by atoms with Gasteiger partial charge < -0.3 is 26.8 Å². The molecule has 0 saturated heterocycles. The molecule has 3 rings (SSSR count). The van der Waals surface area contributed by atoms with Gasteiger partial charge in [0.05, 0.1) is 0 Å². The molecule has 0 aliphatic carbocycles. The van der Waals surface area contributed by atoms with E-state index < -0.39 is 30.0 Å². The van der Waals surface area contributed by atoms with Crippen molar-refractivity contribution in [3.8, 4) is 11.1 Å². The van der Waals surface area contributed by atoms with E-state index in [-0.39, 0.29) is 13.0 Å². The monoisotopic (exact) mass is 536 g/mol. The molecule has 3 aromatic carbocycles. The molecule has 3 aromatic rings. The fourth-order valence-electron chi connectivity index (χ4n) is 3.90. The van der Waals surface area contributed by atoms with Gasteiger partial charge in [-0.25, -0.2) is 4.79 Å². The lowest BCUT2D eigenvalue weighted by atomic mass is 10.00. The Bertz CT molecular complexity index is 1200. The van der Waals surface area contributed by atoms with Gasteiger partial charge in [0.15, 0.2) is 0 Å². The molecule has 0 bridgehead atoms. The number of unbranched alkanes of at least 4 members (excludes halogenated alkanes) is 1. The maximum atomic E-state index is 13.2. The maximum Gasteiger partial charge on any atom is 0.408 e. The van der Waals surface area contributed by atoms with E-state index in [9.17, 15) is 14.4 Å². The first-order chi connectivity index (χ1) is 18.4. The summed E-state index contributed by atoms with van der Waals surface area (Å²) in [6.07, 6.45) is 1.12. The van der Waals surface area contributed by atoms with Crippen molar-refractivity contribution in [3.63, 3.8) is 0 Å². The van der Waals surface area contributed by atoms with E-state index in [0.29, 0.717) is 30.8 Å². The van der Waals surface area contributed by atoms with Crippen LogP contribution in [0.5, 0.6) is 0 Å². The van der Waals surface area contributed by atoms with Gasteiger partial charge in [-0.15, -0.1) is 0 Å². The zero-order chi connectivity index (χ0) is 27.3. The molecule has 2 atom stereocenters. The second-order valence-electron chi connectivity index (χ2n) is 8.92. The van der Waals surface area contributed by atoms with Crippen molar-refractivity contribution in [1.82, 2.24) is 10.6 Å². The molecule has 0 spiro atoms. The lowest BCUT2D eigenvalue weighted by Crippen LogP contribution is -2.53. The highest BCUT2D eigenvalue weighted by atomic mass is 35.5. The number of hydrogen-bond acceptors (Lipinski definition) is 5. The average molecular weight is 537 g/mol. The van der Waals surface area contributed by atoms with Crippen LogP contribution in [0.2, 0.25) is 5.02 Å². The highest BCUT2D eigenvalue weighted by molar-refractivity contribution is 6.30. The van der Waals surface area contributed by atoms with E-state index >= 15 is 0 Å². The summed E-state index contributed by atoms with van der Waals surface area (Å²) < 4.78 is 5.32. The molecule has 8 nitrogen and oxygen atoms in total. The summed E-state index contributed by atoms with van der Waals surface area (Å²) in [5.41, 5.74) is 14.6. The van der Waals surface area contributed by atoms with Gasteiger partial charge in [-0.1, -0.05) is 78.3 Å². The first-order valence-electron chi connectivity index (χ1n) is 12.5. The molecule has 0 aliphatic rings. The van der Waals surface area contributed by atoms with Gasteiger partial charge in [0.2, 0.25) is 11.8 Å². The standard InChI is InChI=1S/C29H33ClN4O4/c30-24-10-6-9-23(18-24)22-14-12-20(13-15-22)17-26(28(36)33-25(27(32)35)11-4-5-16-31)34-29(37)38-19-21-7-2-1-3-8-21/h1-3,6-10,12-15,18,25-26H,4-5,11,16-17,19,31H2,(H2,32,35)(H,33,36)(H,34,37)/t25-,26-/m0/s1. The molecule has 0 heterocycles. The summed E-state index contributed by atoms with van der Waals surface area (Å²) in [6, 6.07) is 22.4. The van der Waals surface area contributed by atoms with E-state index in [4.69, 9.17) is 27.8 Å². The van der Waals surface area contributed by atoms with Gasteiger partial charge in [0.1, 0.15) is 18.7 Å². The number of benzene rings is 3. The Morgan fingerprint density at radius 3 is 2.21 bits per heavy atom. The summed E-state index contributed by atoms with van der Waals surface area (Å²) in [7, 11) is 0. The van der Waals surface area contributed by atoms with Gasteiger partial charge in [-0.3, -0.25) is 9.59 Å². The molecule has 3 amide bonds. The van der Waals surface area contributed by atoms with Gasteiger partial charge in [-0.05, 0) is 60.2 Å². The van der Waals surface area contributed by atoms with Gasteiger partial charge in [0, 0.05) is 11.4 Å². The number of hydrogen-bond donors (Lipinski definition) is 4. The van der Waals surface area contributed by atoms with Crippen LogP contribution in [0.25, 0.3) is 11.1 Å². The maximum absolute atomic E-state index is 13.2. The third-order valence-electron chi connectivity index (χ3n) is 5.98. The Morgan fingerprint density at radius 2 is 1.55 bits per heavy atom. The Hall–Kier alpha value is -3.88. The van der Waals surface area contributed by atoms with Crippen LogP contribution in [-0.2, 0) is 27.4 Å². The highest BCUT2D eigenvalue weighted by Crippen LogP contribution is 2.23. The van der Waals surface area contributed by atoms with Crippen LogP contribution in [0, 0.1) is 0 Å². The topological polar surface area (TPSA) is 137 Å². The number of primary amides is 1. The molecule has 0 unspecified atom stereocenters. The fraction of sp³-hybridized carbons (Fsp3) is 0.276. The van der Waals surface area contributed by atoms with Crippen molar-refractivity contribution < 1.29 is 19.1 Å². The van der Waals surface area contributed by atoms with Crippen LogP contribution in [0.1, 0.15) is 30.4 Å². The third-order valence-corrected chi connectivity index (χ3v) is 6.21. The van der Waals surface area contributed by atoms with Crippen LogP contribution in [0.4, 0.5) is 4.79 Å². The van der Waals surface area contributed by atoms with Crippen LogP contribution < -0.4 is 22.1 Å². The molecular weight excluding hydrogens is 504 g/mol. The van der Waals surface area contributed by atoms with E-state index in [1.165, 1.54) is 0 Å². The lowest BCUT2D eigenvalue weighted by Gasteiger charge is -2.22. The van der Waals surface area contributed by atoms with Gasteiger partial charge in [-0.2, -0.15) is 0 Å². The Morgan fingerprint density at radius 1 is 0.816 bits per heavy atom. The molecule has 38 heavy (non-hydrogen) atoms. The minimum Gasteiger partial charge on any atom is -0.445 e. The normalized spacial score (nSPS) is 12.3. The van der Waals surface area contributed by atoms with Crippen LogP contribution in [0.3, 0.4) is 0 Å². The summed E-state index contributed by atoms with van der Waals surface area (Å²) >= 11 is 6.11. The molecule has 200 valence electrons. The molecular formula is C29H33ClN4O4. The highest BCUT2D eigenvalue weighted by Gasteiger charge is 2.26. The molecule has 0 fully saturated rings. The van der Waals surface area contributed by atoms with Crippen molar-refractivity contribution >= 4 is 29.5 Å². The average Bonchev–Trinajstić information content (AvgIpc) is 2.92. The third kappa shape index (κ3) is 9.21. The van der Waals surface area contributed by atoms with E-state index in [2.05, 4.69) is 10.6 Å². The van der Waals surface area contributed by atoms with Gasteiger partial charge in [0.25, 0.3) is 0 Å². The van der Waals surface area contributed by atoms with Crippen LogP contribution in [0.15, 0.2) is 78.9 Å². The predicted molar refractivity (Wildman–Crippen MR) is 148 cm³/mol. The minimum absolute atomic E-state index is 0.0539. The zero-order valence-electron chi connectivity index (χ0n) is 21.1. The number of carbonyl (C=O) groups is 3. The fourth-order valence-corrected chi connectivity index (χ4v) is 4.09. The van der Waals surface area contributed by atoms with Crippen LogP contribution >= 0.6 is 11.6 Å². The van der Waals surface area contributed by atoms with Gasteiger partial charge >= 0.3 is 6.09 Å². The van der Waals surface area contributed by atoms with Crippen LogP contribution in [-0.4, -0.2) is 36.5 Å². The first-order valence-corrected chi connectivity index (χ1v) is 12.9. The SMILES string of the molecule is NCCCC[C@H](NC(=O)[C@H](Cc1ccc(-c2cccc(Cl)c2)cc1)NC(=O)OCc1ccccc1)C(N)=O. The molecule has 0 aromatic heterocycles. The predicted octanol–water partition coefficient (Wildman–Crippen LogP) is 3.94. The Kier molecular flexibility index (Phi) is 11.1. The number of ether oxygens (including phenoxy) is 1. The lowest BCUT2D eigenvalue weighted by molar-refractivity contribution is -0.128. The smallest absolute Gasteiger partial charge is 0.408 e. The van der Waals surface area contributed by atoms with Crippen molar-refractivity contribution in [2.45, 2.75) is 44.4 Å². The number of halogens is 1. The van der Waals surface area contributed by atoms with Crippen molar-refractivity contribution in [2.75, 3.05) is 6.54 Å². The number of rotatable bonds is 13. The number of amides is 3. The largest absolute Gasteiger partial charge is 0.445 e. The zero-order valence-corrected chi connectivity index (χ0v) is 21.8. The number of nitrogens with two attached hydrogens (primary N) is 2. The summed E-state index contributed by atoms with van der Waals surface area (Å²) in [5, 5.41) is 5.95. The minimum atomic E-state index is -0.994. The second-order valence-corrected chi connectivity index (χ2v) is 9.35. The van der Waals surface area contributed by atoms with Crippen molar-refractivity contribution in [2.24, 2.45) is 11.5 Å². The number of alkyl carbamates (subject to hydrolysis) is 1. The Labute approximate surface area is 227 Å². The van der Waals surface area contributed by atoms with E-state index in [1.807, 2.05) is 72.8 Å².